The molecule has 0 spiro atoms. The number of fused-ring (bicyclic) bond motifs is 6. The third kappa shape index (κ3) is 3.50. The molecule has 9 heteroatoms. The van der Waals surface area contributed by atoms with Gasteiger partial charge in [-0.15, -0.1) is 0 Å². The molecular formula is C27H25N5O3S. The first-order valence-corrected chi connectivity index (χ1v) is 12.7. The lowest BCUT2D eigenvalue weighted by Gasteiger charge is -2.45. The Balaban J connectivity index is 1.53. The Morgan fingerprint density at radius 2 is 1.97 bits per heavy atom. The van der Waals surface area contributed by atoms with Gasteiger partial charge in [-0.05, 0) is 50.6 Å². The van der Waals surface area contributed by atoms with Crippen molar-refractivity contribution in [3.8, 4) is 5.75 Å². The summed E-state index contributed by atoms with van der Waals surface area (Å²) >= 11 is 1.29. The third-order valence-electron chi connectivity index (χ3n) is 6.83. The van der Waals surface area contributed by atoms with E-state index in [1.165, 1.54) is 11.3 Å². The van der Waals surface area contributed by atoms with Crippen molar-refractivity contribution in [1.29, 1.82) is 0 Å². The minimum Gasteiger partial charge on any atom is -0.465 e. The number of amides is 1. The summed E-state index contributed by atoms with van der Waals surface area (Å²) in [5.41, 5.74) is 1.80. The van der Waals surface area contributed by atoms with Crippen LogP contribution >= 0.6 is 11.3 Å². The minimum absolute atomic E-state index is 0.192. The Hall–Kier alpha value is -3.98. The van der Waals surface area contributed by atoms with Crippen molar-refractivity contribution in [2.45, 2.75) is 39.1 Å². The molecule has 2 aliphatic heterocycles. The zero-order chi connectivity index (χ0) is 25.0. The van der Waals surface area contributed by atoms with Crippen molar-refractivity contribution < 1.29 is 9.53 Å². The lowest BCUT2D eigenvalue weighted by molar-refractivity contribution is -0.131. The number of benzene rings is 2. The molecule has 2 bridgehead atoms. The second-order valence-corrected chi connectivity index (χ2v) is 10.2. The highest BCUT2D eigenvalue weighted by Gasteiger charge is 2.55. The Morgan fingerprint density at radius 3 is 2.75 bits per heavy atom. The van der Waals surface area contributed by atoms with Crippen LogP contribution in [0.2, 0.25) is 0 Å². The van der Waals surface area contributed by atoms with Crippen LogP contribution in [0.1, 0.15) is 36.7 Å². The molecule has 2 aromatic heterocycles. The lowest BCUT2D eigenvalue weighted by Crippen LogP contribution is -2.59. The highest BCUT2D eigenvalue weighted by Crippen LogP contribution is 2.47. The Labute approximate surface area is 211 Å². The van der Waals surface area contributed by atoms with Crippen LogP contribution in [0.25, 0.3) is 6.08 Å². The number of carbonyl (C=O) groups is 1. The zero-order valence-corrected chi connectivity index (χ0v) is 21.0. The Kier molecular flexibility index (Phi) is 5.19. The molecule has 0 saturated heterocycles. The SMILES string of the molecule is CCn1ccc(C=c2sc3n(c2=O)C2c4ccccc4OC(C)(N=3)C2C(=O)Nc2ccccc2C)n1. The molecule has 3 unspecified atom stereocenters. The van der Waals surface area contributed by atoms with Crippen LogP contribution in [0, 0.1) is 12.8 Å². The van der Waals surface area contributed by atoms with E-state index in [2.05, 4.69) is 10.4 Å². The summed E-state index contributed by atoms with van der Waals surface area (Å²) in [6.45, 7) is 6.51. The minimum atomic E-state index is -1.18. The molecule has 182 valence electrons. The summed E-state index contributed by atoms with van der Waals surface area (Å²) in [5, 5.41) is 7.55. The zero-order valence-electron chi connectivity index (χ0n) is 20.1. The number of hydrogen-bond acceptors (Lipinski definition) is 6. The van der Waals surface area contributed by atoms with Gasteiger partial charge in [-0.25, -0.2) is 4.99 Å². The monoisotopic (exact) mass is 499 g/mol. The molecule has 8 nitrogen and oxygen atoms in total. The van der Waals surface area contributed by atoms with Gasteiger partial charge in [-0.2, -0.15) is 5.10 Å². The van der Waals surface area contributed by atoms with Crippen LogP contribution in [0.4, 0.5) is 5.69 Å². The van der Waals surface area contributed by atoms with Crippen molar-refractivity contribution in [3.05, 3.63) is 97.3 Å². The van der Waals surface area contributed by atoms with Gasteiger partial charge in [0.15, 0.2) is 4.80 Å². The van der Waals surface area contributed by atoms with Crippen LogP contribution in [0.3, 0.4) is 0 Å². The van der Waals surface area contributed by atoms with Crippen molar-refractivity contribution in [2.24, 2.45) is 10.9 Å². The largest absolute Gasteiger partial charge is 0.465 e. The number of ether oxygens (including phenoxy) is 1. The maximum atomic E-state index is 13.8. The summed E-state index contributed by atoms with van der Waals surface area (Å²) in [5.74, 6) is -0.366. The molecule has 1 amide bonds. The Bertz CT molecular complexity index is 1680. The predicted octanol–water partition coefficient (Wildman–Crippen LogP) is 2.85. The number of para-hydroxylation sites is 2. The molecule has 36 heavy (non-hydrogen) atoms. The van der Waals surface area contributed by atoms with E-state index < -0.39 is 17.7 Å². The van der Waals surface area contributed by atoms with Crippen LogP contribution in [0.5, 0.6) is 5.75 Å². The number of aromatic nitrogens is 3. The van der Waals surface area contributed by atoms with Crippen molar-refractivity contribution in [3.63, 3.8) is 0 Å². The number of rotatable bonds is 4. The highest BCUT2D eigenvalue weighted by molar-refractivity contribution is 7.07. The topological polar surface area (TPSA) is 90.5 Å². The lowest BCUT2D eigenvalue weighted by atomic mass is 9.80. The van der Waals surface area contributed by atoms with Crippen molar-refractivity contribution >= 4 is 29.0 Å². The molecule has 6 rings (SSSR count). The molecule has 1 N–H and O–H groups in total. The van der Waals surface area contributed by atoms with E-state index in [0.717, 1.165) is 23.4 Å². The molecule has 4 heterocycles. The van der Waals surface area contributed by atoms with Crippen LogP contribution in [-0.2, 0) is 11.3 Å². The van der Waals surface area contributed by atoms with Crippen LogP contribution < -0.4 is 24.9 Å². The third-order valence-corrected chi connectivity index (χ3v) is 7.81. The molecule has 0 saturated carbocycles. The van der Waals surface area contributed by atoms with Gasteiger partial charge in [0.1, 0.15) is 11.7 Å². The van der Waals surface area contributed by atoms with Crippen LogP contribution in [-0.4, -0.2) is 26.0 Å². The molecule has 4 aromatic rings. The van der Waals surface area contributed by atoms with Gasteiger partial charge in [-0.3, -0.25) is 18.8 Å². The van der Waals surface area contributed by atoms with E-state index in [1.54, 1.807) is 10.6 Å². The molecule has 0 aliphatic carbocycles. The summed E-state index contributed by atoms with van der Waals surface area (Å²) in [4.78, 5) is 33.0. The standard InChI is InChI=1S/C27H25N5O3S/c1-4-31-14-13-17(30-31)15-21-25(34)32-23-18-10-6-8-12-20(18)35-27(3,29-26(32)36-21)22(23)24(33)28-19-11-7-5-9-16(19)2/h5-15,22-23H,4H2,1-3H3,(H,28,33). The summed E-state index contributed by atoms with van der Waals surface area (Å²) in [6.07, 6.45) is 3.66. The fourth-order valence-corrected chi connectivity index (χ4v) is 6.12. The number of hydrogen-bond donors (Lipinski definition) is 1. The van der Waals surface area contributed by atoms with Crippen molar-refractivity contribution in [2.75, 3.05) is 5.32 Å². The molecule has 2 aromatic carbocycles. The highest BCUT2D eigenvalue weighted by atomic mass is 32.1. The van der Waals surface area contributed by atoms with Gasteiger partial charge in [-0.1, -0.05) is 47.7 Å². The number of anilines is 1. The number of aryl methyl sites for hydroxylation is 2. The second kappa shape index (κ2) is 8.30. The maximum Gasteiger partial charge on any atom is 0.270 e. The fourth-order valence-electron chi connectivity index (χ4n) is 5.03. The molecular weight excluding hydrogens is 474 g/mol. The van der Waals surface area contributed by atoms with E-state index in [9.17, 15) is 9.59 Å². The number of nitrogens with one attached hydrogen (secondary N) is 1. The van der Waals surface area contributed by atoms with E-state index in [1.807, 2.05) is 86.2 Å². The molecule has 0 fully saturated rings. The van der Waals surface area contributed by atoms with E-state index in [-0.39, 0.29) is 11.5 Å². The smallest absolute Gasteiger partial charge is 0.270 e. The normalized spacial score (nSPS) is 22.2. The summed E-state index contributed by atoms with van der Waals surface area (Å²) in [7, 11) is 0. The van der Waals surface area contributed by atoms with Crippen LogP contribution in [0.15, 0.2) is 70.6 Å². The van der Waals surface area contributed by atoms with Gasteiger partial charge < -0.3 is 10.1 Å². The molecule has 2 aliphatic rings. The first-order valence-electron chi connectivity index (χ1n) is 11.9. The summed E-state index contributed by atoms with van der Waals surface area (Å²) in [6, 6.07) is 16.5. The molecule has 3 atom stereocenters. The predicted molar refractivity (Wildman–Crippen MR) is 138 cm³/mol. The second-order valence-electron chi connectivity index (χ2n) is 9.20. The molecule has 0 radical (unpaired) electrons. The van der Waals surface area contributed by atoms with E-state index >= 15 is 0 Å². The van der Waals surface area contributed by atoms with E-state index in [0.29, 0.717) is 20.8 Å². The summed E-state index contributed by atoms with van der Waals surface area (Å²) < 4.78 is 10.3. The number of thiazole rings is 1. The van der Waals surface area contributed by atoms with Gasteiger partial charge in [0, 0.05) is 24.0 Å². The van der Waals surface area contributed by atoms with Gasteiger partial charge in [0.25, 0.3) is 5.56 Å². The first kappa shape index (κ1) is 22.5. The average Bonchev–Trinajstić information content (AvgIpc) is 3.43. The van der Waals surface area contributed by atoms with E-state index in [4.69, 9.17) is 9.73 Å². The first-order chi connectivity index (χ1) is 17.4. The number of carbonyl (C=O) groups excluding carboxylic acids is 1. The fraction of sp³-hybridized carbons (Fsp3) is 0.259. The van der Waals surface area contributed by atoms with Gasteiger partial charge >= 0.3 is 0 Å². The van der Waals surface area contributed by atoms with Gasteiger partial charge in [0.2, 0.25) is 11.6 Å². The van der Waals surface area contributed by atoms with Crippen molar-refractivity contribution in [1.82, 2.24) is 14.3 Å². The average molecular weight is 500 g/mol. The van der Waals surface area contributed by atoms with Gasteiger partial charge in [0.05, 0.1) is 16.3 Å². The quantitative estimate of drug-likeness (QED) is 0.468. The Morgan fingerprint density at radius 1 is 1.19 bits per heavy atom. The number of nitrogens with zero attached hydrogens (tertiary/aromatic N) is 4. The maximum absolute atomic E-state index is 13.8.